The fourth-order valence-corrected chi connectivity index (χ4v) is 2.32. The van der Waals surface area contributed by atoms with Crippen LogP contribution in [0.3, 0.4) is 0 Å². The summed E-state index contributed by atoms with van der Waals surface area (Å²) in [6.07, 6.45) is 4.73. The van der Waals surface area contributed by atoms with Gasteiger partial charge in [0, 0.05) is 39.1 Å². The Bertz CT molecular complexity index is 586. The van der Waals surface area contributed by atoms with E-state index in [0.717, 1.165) is 26.1 Å². The number of aromatic nitrogens is 5. The largest absolute Gasteiger partial charge is 0.380 e. The zero-order chi connectivity index (χ0) is 14.7. The van der Waals surface area contributed by atoms with Gasteiger partial charge in [0.15, 0.2) is 0 Å². The molecule has 0 bridgehead atoms. The Hall–Kier alpha value is -2.22. The average molecular weight is 289 g/mol. The van der Waals surface area contributed by atoms with Crippen LogP contribution in [0.1, 0.15) is 13.3 Å². The molecule has 0 aliphatic carbocycles. The lowest BCUT2D eigenvalue weighted by atomic mass is 10.3. The molecular weight excluding hydrogens is 270 g/mol. The maximum absolute atomic E-state index is 5.40. The lowest BCUT2D eigenvalue weighted by Crippen LogP contribution is -2.25. The summed E-state index contributed by atoms with van der Waals surface area (Å²) in [6.45, 7) is 4.44. The molecule has 0 aromatic carbocycles. The third kappa shape index (κ3) is 2.94. The quantitative estimate of drug-likeness (QED) is 0.868. The molecule has 0 spiro atoms. The molecule has 0 radical (unpaired) electrons. The lowest BCUT2D eigenvalue weighted by molar-refractivity contribution is 0.121. The first-order chi connectivity index (χ1) is 10.3. The van der Waals surface area contributed by atoms with Gasteiger partial charge in [0.1, 0.15) is 0 Å². The highest BCUT2D eigenvalue weighted by molar-refractivity contribution is 5.41. The third-order valence-corrected chi connectivity index (χ3v) is 3.42. The maximum Gasteiger partial charge on any atom is 0.257 e. The van der Waals surface area contributed by atoms with Gasteiger partial charge in [-0.15, -0.1) is 0 Å². The van der Waals surface area contributed by atoms with Gasteiger partial charge in [0.25, 0.3) is 5.95 Å². The molecule has 1 atom stereocenters. The molecule has 0 saturated carbocycles. The summed E-state index contributed by atoms with van der Waals surface area (Å²) in [4.78, 5) is 15.5. The summed E-state index contributed by atoms with van der Waals surface area (Å²) in [5.41, 5.74) is 0. The van der Waals surface area contributed by atoms with Crippen molar-refractivity contribution in [1.82, 2.24) is 24.7 Å². The maximum atomic E-state index is 5.40. The van der Waals surface area contributed by atoms with Gasteiger partial charge in [-0.25, -0.2) is 4.68 Å². The number of hydrogen-bond donors (Lipinski definition) is 1. The molecule has 8 heteroatoms. The van der Waals surface area contributed by atoms with Gasteiger partial charge < -0.3 is 15.0 Å². The van der Waals surface area contributed by atoms with E-state index in [1.807, 2.05) is 19.2 Å². The highest BCUT2D eigenvalue weighted by Gasteiger charge is 2.25. The summed E-state index contributed by atoms with van der Waals surface area (Å²) in [5, 5.41) is 7.32. The van der Waals surface area contributed by atoms with E-state index in [4.69, 9.17) is 4.74 Å². The Labute approximate surface area is 123 Å². The summed E-state index contributed by atoms with van der Waals surface area (Å²) in [5.74, 6) is 1.74. The molecule has 1 saturated heterocycles. The molecule has 1 N–H and O–H groups in total. The van der Waals surface area contributed by atoms with Gasteiger partial charge in [0.05, 0.1) is 6.10 Å². The SMILES string of the molecule is CCNc1nc(N2CCC(OC)C2)nc(-n2cccn2)n1. The first-order valence-corrected chi connectivity index (χ1v) is 7.08. The van der Waals surface area contributed by atoms with E-state index in [0.29, 0.717) is 17.8 Å². The van der Waals surface area contributed by atoms with E-state index in [9.17, 15) is 0 Å². The smallest absolute Gasteiger partial charge is 0.257 e. The van der Waals surface area contributed by atoms with Crippen LogP contribution in [-0.2, 0) is 4.74 Å². The zero-order valence-corrected chi connectivity index (χ0v) is 12.2. The molecule has 1 aliphatic heterocycles. The van der Waals surface area contributed by atoms with E-state index in [2.05, 4.69) is 30.3 Å². The van der Waals surface area contributed by atoms with Crippen LogP contribution in [0.25, 0.3) is 5.95 Å². The van der Waals surface area contributed by atoms with Crippen LogP contribution in [0.2, 0.25) is 0 Å². The monoisotopic (exact) mass is 289 g/mol. The Balaban J connectivity index is 1.92. The first kappa shape index (κ1) is 13.7. The van der Waals surface area contributed by atoms with Crippen LogP contribution in [0, 0.1) is 0 Å². The molecular formula is C13H19N7O. The second kappa shape index (κ2) is 6.04. The van der Waals surface area contributed by atoms with Gasteiger partial charge in [-0.05, 0) is 19.4 Å². The van der Waals surface area contributed by atoms with E-state index >= 15 is 0 Å². The number of methoxy groups -OCH3 is 1. The lowest BCUT2D eigenvalue weighted by Gasteiger charge is -2.17. The summed E-state index contributed by atoms with van der Waals surface area (Å²) in [6, 6.07) is 1.84. The number of ether oxygens (including phenoxy) is 1. The molecule has 3 rings (SSSR count). The van der Waals surface area contributed by atoms with Crippen molar-refractivity contribution in [2.45, 2.75) is 19.4 Å². The highest BCUT2D eigenvalue weighted by Crippen LogP contribution is 2.19. The van der Waals surface area contributed by atoms with Crippen LogP contribution in [-0.4, -0.2) is 57.6 Å². The van der Waals surface area contributed by atoms with E-state index < -0.39 is 0 Å². The predicted octanol–water partition coefficient (Wildman–Crippen LogP) is 0.714. The molecule has 1 unspecified atom stereocenters. The highest BCUT2D eigenvalue weighted by atomic mass is 16.5. The Kier molecular flexibility index (Phi) is 3.96. The van der Waals surface area contributed by atoms with Crippen molar-refractivity contribution in [3.05, 3.63) is 18.5 Å². The fourth-order valence-electron chi connectivity index (χ4n) is 2.32. The van der Waals surface area contributed by atoms with Crippen LogP contribution in [0.4, 0.5) is 11.9 Å². The normalized spacial score (nSPS) is 18.2. The number of nitrogens with one attached hydrogen (secondary N) is 1. The molecule has 21 heavy (non-hydrogen) atoms. The molecule has 112 valence electrons. The van der Waals surface area contributed by atoms with Crippen molar-refractivity contribution in [2.75, 3.05) is 37.0 Å². The molecule has 1 fully saturated rings. The molecule has 3 heterocycles. The van der Waals surface area contributed by atoms with Gasteiger partial charge in [-0.2, -0.15) is 20.1 Å². The van der Waals surface area contributed by atoms with Crippen molar-refractivity contribution >= 4 is 11.9 Å². The van der Waals surface area contributed by atoms with E-state index in [1.54, 1.807) is 18.0 Å². The number of rotatable bonds is 5. The Morgan fingerprint density at radius 2 is 2.19 bits per heavy atom. The zero-order valence-electron chi connectivity index (χ0n) is 12.2. The number of hydrogen-bond acceptors (Lipinski definition) is 7. The van der Waals surface area contributed by atoms with Crippen molar-refractivity contribution in [1.29, 1.82) is 0 Å². The summed E-state index contributed by atoms with van der Waals surface area (Å²) >= 11 is 0. The topological polar surface area (TPSA) is 81.0 Å². The number of anilines is 2. The molecule has 1 aliphatic rings. The minimum atomic E-state index is 0.234. The van der Waals surface area contributed by atoms with Crippen LogP contribution >= 0.6 is 0 Å². The minimum Gasteiger partial charge on any atom is -0.380 e. The molecule has 2 aromatic heterocycles. The third-order valence-electron chi connectivity index (χ3n) is 3.42. The van der Waals surface area contributed by atoms with Crippen molar-refractivity contribution < 1.29 is 4.74 Å². The van der Waals surface area contributed by atoms with Gasteiger partial charge in [0.2, 0.25) is 11.9 Å². The molecule has 2 aromatic rings. The van der Waals surface area contributed by atoms with Gasteiger partial charge in [-0.1, -0.05) is 0 Å². The second-order valence-electron chi connectivity index (χ2n) is 4.83. The number of nitrogens with zero attached hydrogens (tertiary/aromatic N) is 6. The van der Waals surface area contributed by atoms with E-state index in [1.165, 1.54) is 0 Å². The molecule has 0 amide bonds. The fraction of sp³-hybridized carbons (Fsp3) is 0.538. The van der Waals surface area contributed by atoms with Crippen molar-refractivity contribution in [3.8, 4) is 5.95 Å². The van der Waals surface area contributed by atoms with Crippen LogP contribution < -0.4 is 10.2 Å². The second-order valence-corrected chi connectivity index (χ2v) is 4.83. The van der Waals surface area contributed by atoms with Crippen LogP contribution in [0.5, 0.6) is 0 Å². The molecule has 8 nitrogen and oxygen atoms in total. The standard InChI is InChI=1S/C13H19N7O/c1-3-14-11-16-12(19-8-5-10(9-19)21-2)18-13(17-11)20-7-4-6-15-20/h4,6-7,10H,3,5,8-9H2,1-2H3,(H,14,16,17,18). The minimum absolute atomic E-state index is 0.234. The Morgan fingerprint density at radius 1 is 1.33 bits per heavy atom. The Morgan fingerprint density at radius 3 is 2.86 bits per heavy atom. The first-order valence-electron chi connectivity index (χ1n) is 7.08. The predicted molar refractivity (Wildman–Crippen MR) is 78.7 cm³/mol. The van der Waals surface area contributed by atoms with Gasteiger partial charge >= 0.3 is 0 Å². The van der Waals surface area contributed by atoms with Crippen molar-refractivity contribution in [2.24, 2.45) is 0 Å². The van der Waals surface area contributed by atoms with E-state index in [-0.39, 0.29) is 6.10 Å². The summed E-state index contributed by atoms with van der Waals surface area (Å²) < 4.78 is 7.03. The summed E-state index contributed by atoms with van der Waals surface area (Å²) in [7, 11) is 1.74. The average Bonchev–Trinajstić information content (AvgIpc) is 3.19. The van der Waals surface area contributed by atoms with Crippen LogP contribution in [0.15, 0.2) is 18.5 Å². The van der Waals surface area contributed by atoms with Gasteiger partial charge in [-0.3, -0.25) is 0 Å². The van der Waals surface area contributed by atoms with Crippen molar-refractivity contribution in [3.63, 3.8) is 0 Å².